The summed E-state index contributed by atoms with van der Waals surface area (Å²) in [6.07, 6.45) is 0.906. The number of benzene rings is 2. The summed E-state index contributed by atoms with van der Waals surface area (Å²) >= 11 is 3.46. The summed E-state index contributed by atoms with van der Waals surface area (Å²) < 4.78 is 6.46. The maximum absolute atomic E-state index is 12.7. The van der Waals surface area contributed by atoms with Crippen molar-refractivity contribution in [2.45, 2.75) is 18.9 Å². The first-order chi connectivity index (χ1) is 14.2. The van der Waals surface area contributed by atoms with Gasteiger partial charge in [0, 0.05) is 29.2 Å². The minimum atomic E-state index is 0.0468. The van der Waals surface area contributed by atoms with Gasteiger partial charge in [0.05, 0.1) is 30.8 Å². The van der Waals surface area contributed by atoms with Crippen LogP contribution in [-0.2, 0) is 16.1 Å². The largest absolute Gasteiger partial charge is 0.379 e. The van der Waals surface area contributed by atoms with Gasteiger partial charge in [-0.1, -0.05) is 28.1 Å². The molecule has 2 aliphatic rings. The van der Waals surface area contributed by atoms with Crippen LogP contribution < -0.4 is 5.32 Å². The zero-order chi connectivity index (χ0) is 19.8. The van der Waals surface area contributed by atoms with Crippen LogP contribution >= 0.6 is 15.9 Å². The topological polar surface area (TPSA) is 70.2 Å². The van der Waals surface area contributed by atoms with E-state index in [1.165, 1.54) is 5.56 Å². The van der Waals surface area contributed by atoms with Crippen molar-refractivity contribution in [2.24, 2.45) is 5.92 Å². The number of nitrogens with zero attached hydrogens (tertiary/aromatic N) is 2. The summed E-state index contributed by atoms with van der Waals surface area (Å²) in [5, 5.41) is 3.07. The molecule has 29 heavy (non-hydrogen) atoms. The second kappa shape index (κ2) is 7.89. The lowest BCUT2D eigenvalue weighted by molar-refractivity contribution is -0.117. The molecule has 2 N–H and O–H groups in total. The van der Waals surface area contributed by atoms with Crippen LogP contribution in [0.3, 0.4) is 0 Å². The molecule has 0 bridgehead atoms. The van der Waals surface area contributed by atoms with Gasteiger partial charge in [-0.2, -0.15) is 0 Å². The van der Waals surface area contributed by atoms with Gasteiger partial charge in [-0.25, -0.2) is 4.98 Å². The zero-order valence-corrected chi connectivity index (χ0v) is 17.6. The average Bonchev–Trinajstić information content (AvgIpc) is 3.43. The van der Waals surface area contributed by atoms with Gasteiger partial charge in [-0.15, -0.1) is 0 Å². The maximum atomic E-state index is 12.7. The summed E-state index contributed by atoms with van der Waals surface area (Å²) in [7, 11) is 0. The van der Waals surface area contributed by atoms with Crippen LogP contribution in [0.4, 0.5) is 5.69 Å². The number of halogens is 1. The molecule has 0 spiro atoms. The number of imidazole rings is 1. The van der Waals surface area contributed by atoms with Crippen molar-refractivity contribution >= 4 is 38.6 Å². The van der Waals surface area contributed by atoms with E-state index in [-0.39, 0.29) is 11.8 Å². The Morgan fingerprint density at radius 2 is 2.00 bits per heavy atom. The Morgan fingerprint density at radius 1 is 1.21 bits per heavy atom. The highest BCUT2D eigenvalue weighted by atomic mass is 79.9. The molecule has 1 amide bonds. The van der Waals surface area contributed by atoms with Crippen LogP contribution in [0.5, 0.6) is 0 Å². The van der Waals surface area contributed by atoms with Crippen molar-refractivity contribution in [3.63, 3.8) is 0 Å². The summed E-state index contributed by atoms with van der Waals surface area (Å²) in [5.74, 6) is 1.40. The van der Waals surface area contributed by atoms with E-state index in [9.17, 15) is 4.79 Å². The third kappa shape index (κ3) is 4.22. The average molecular weight is 455 g/mol. The first kappa shape index (κ1) is 18.8. The number of hydrogen-bond acceptors (Lipinski definition) is 4. The van der Waals surface area contributed by atoms with E-state index in [2.05, 4.69) is 48.2 Å². The fourth-order valence-electron chi connectivity index (χ4n) is 3.98. The van der Waals surface area contributed by atoms with Gasteiger partial charge in [0.1, 0.15) is 5.82 Å². The lowest BCUT2D eigenvalue weighted by Gasteiger charge is -2.25. The van der Waals surface area contributed by atoms with Gasteiger partial charge < -0.3 is 15.0 Å². The van der Waals surface area contributed by atoms with Crippen molar-refractivity contribution in [1.82, 2.24) is 14.9 Å². The van der Waals surface area contributed by atoms with E-state index in [0.717, 1.165) is 66.3 Å². The number of nitrogens with one attached hydrogen (secondary N) is 2. The summed E-state index contributed by atoms with van der Waals surface area (Å²) in [6.45, 7) is 4.20. The number of morpholine rings is 1. The molecule has 1 aromatic heterocycles. The number of aromatic amines is 1. The summed E-state index contributed by atoms with van der Waals surface area (Å²) in [6, 6.07) is 14.1. The fourth-order valence-corrected chi connectivity index (χ4v) is 4.25. The summed E-state index contributed by atoms with van der Waals surface area (Å²) in [5.41, 5.74) is 3.91. The molecule has 0 radical (unpaired) electrons. The maximum Gasteiger partial charge on any atom is 0.228 e. The molecule has 3 aromatic rings. The van der Waals surface area contributed by atoms with Crippen LogP contribution in [0.25, 0.3) is 11.0 Å². The smallest absolute Gasteiger partial charge is 0.228 e. The number of amides is 1. The molecule has 2 unspecified atom stereocenters. The van der Waals surface area contributed by atoms with Crippen LogP contribution in [0.1, 0.15) is 23.7 Å². The normalized spacial score (nSPS) is 22.0. The van der Waals surface area contributed by atoms with Crippen molar-refractivity contribution in [2.75, 3.05) is 31.6 Å². The Bertz CT molecular complexity index is 1030. The molecule has 1 saturated heterocycles. The highest BCUT2D eigenvalue weighted by Gasteiger charge is 2.43. The van der Waals surface area contributed by atoms with E-state index in [0.29, 0.717) is 5.92 Å². The summed E-state index contributed by atoms with van der Waals surface area (Å²) in [4.78, 5) is 23.1. The monoisotopic (exact) mass is 454 g/mol. The number of hydrogen-bond donors (Lipinski definition) is 2. The minimum absolute atomic E-state index is 0.0468. The predicted molar refractivity (Wildman–Crippen MR) is 116 cm³/mol. The van der Waals surface area contributed by atoms with E-state index in [4.69, 9.17) is 4.74 Å². The van der Waals surface area contributed by atoms with Gasteiger partial charge in [0.2, 0.25) is 5.91 Å². The van der Waals surface area contributed by atoms with E-state index >= 15 is 0 Å². The standard InChI is InChI=1S/C22H23BrN4O2/c23-15-3-1-14(2-4-15)17-12-18(17)22(28)24-16-5-6-19-20(11-16)26-21(25-19)13-27-7-9-29-10-8-27/h1-6,11,17-18H,7-10,12-13H2,(H,24,28)(H,25,26). The Balaban J connectivity index is 1.23. The van der Waals surface area contributed by atoms with Crippen LogP contribution in [0, 0.1) is 5.92 Å². The first-order valence-electron chi connectivity index (χ1n) is 10.0. The number of anilines is 1. The highest BCUT2D eigenvalue weighted by Crippen LogP contribution is 2.48. The molecular formula is C22H23BrN4O2. The van der Waals surface area contributed by atoms with Gasteiger partial charge >= 0.3 is 0 Å². The number of aromatic nitrogens is 2. The van der Waals surface area contributed by atoms with Gasteiger partial charge in [-0.3, -0.25) is 9.69 Å². The molecule has 2 fully saturated rings. The molecule has 1 saturated carbocycles. The van der Waals surface area contributed by atoms with Gasteiger partial charge in [0.25, 0.3) is 0 Å². The molecule has 1 aliphatic carbocycles. The SMILES string of the molecule is O=C(Nc1ccc2nc(CN3CCOCC3)[nH]c2c1)C1CC1c1ccc(Br)cc1. The van der Waals surface area contributed by atoms with Gasteiger partial charge in [-0.05, 0) is 48.2 Å². The van der Waals surface area contributed by atoms with Crippen molar-refractivity contribution < 1.29 is 9.53 Å². The molecule has 150 valence electrons. The molecule has 1 aliphatic heterocycles. The number of carbonyl (C=O) groups is 1. The van der Waals surface area contributed by atoms with Gasteiger partial charge in [0.15, 0.2) is 0 Å². The van der Waals surface area contributed by atoms with Crippen molar-refractivity contribution in [3.05, 3.63) is 58.3 Å². The van der Waals surface area contributed by atoms with E-state index in [1.807, 2.05) is 30.3 Å². The number of rotatable bonds is 5. The minimum Gasteiger partial charge on any atom is -0.379 e. The molecule has 7 heteroatoms. The van der Waals surface area contributed by atoms with E-state index in [1.54, 1.807) is 0 Å². The number of fused-ring (bicyclic) bond motifs is 1. The quantitative estimate of drug-likeness (QED) is 0.613. The fraction of sp³-hybridized carbons (Fsp3) is 0.364. The Hall–Kier alpha value is -2.22. The van der Waals surface area contributed by atoms with Crippen molar-refractivity contribution in [1.29, 1.82) is 0 Å². The molecule has 5 rings (SSSR count). The Kier molecular flexibility index (Phi) is 5.11. The second-order valence-corrected chi connectivity index (χ2v) is 8.71. The third-order valence-electron chi connectivity index (χ3n) is 5.70. The van der Waals surface area contributed by atoms with Crippen LogP contribution in [-0.4, -0.2) is 47.1 Å². The van der Waals surface area contributed by atoms with Crippen LogP contribution in [0.2, 0.25) is 0 Å². The molecule has 2 atom stereocenters. The second-order valence-electron chi connectivity index (χ2n) is 7.79. The third-order valence-corrected chi connectivity index (χ3v) is 6.23. The number of H-pyrrole nitrogens is 1. The molecule has 2 aromatic carbocycles. The van der Waals surface area contributed by atoms with Crippen molar-refractivity contribution in [3.8, 4) is 0 Å². The lowest BCUT2D eigenvalue weighted by Crippen LogP contribution is -2.35. The number of ether oxygens (including phenoxy) is 1. The van der Waals surface area contributed by atoms with Crippen LogP contribution in [0.15, 0.2) is 46.9 Å². The predicted octanol–water partition coefficient (Wildman–Crippen LogP) is 3.90. The molecule has 6 nitrogen and oxygen atoms in total. The number of carbonyl (C=O) groups excluding carboxylic acids is 1. The Labute approximate surface area is 177 Å². The highest BCUT2D eigenvalue weighted by molar-refractivity contribution is 9.10. The zero-order valence-electron chi connectivity index (χ0n) is 16.0. The van der Waals surface area contributed by atoms with E-state index < -0.39 is 0 Å². The first-order valence-corrected chi connectivity index (χ1v) is 10.8. The lowest BCUT2D eigenvalue weighted by atomic mass is 10.1. The molecule has 2 heterocycles. The molecular weight excluding hydrogens is 432 g/mol. The Morgan fingerprint density at radius 3 is 2.79 bits per heavy atom.